The number of nitrogens with one attached hydrogen (secondary N) is 2. The number of halogens is 4. The van der Waals surface area contributed by atoms with Gasteiger partial charge in [0.05, 0.1) is 42.5 Å². The maximum absolute atomic E-state index is 14.4. The second-order valence-electron chi connectivity index (χ2n) is 8.41. The van der Waals surface area contributed by atoms with Gasteiger partial charge in [0.2, 0.25) is 15.9 Å². The average molecular weight is 556 g/mol. The van der Waals surface area contributed by atoms with E-state index in [0.29, 0.717) is 25.2 Å². The van der Waals surface area contributed by atoms with Crippen LogP contribution in [0.25, 0.3) is 6.08 Å². The Morgan fingerprint density at radius 2 is 2.11 bits per heavy atom. The Labute approximate surface area is 217 Å². The summed E-state index contributed by atoms with van der Waals surface area (Å²) < 4.78 is 89.7. The fraction of sp³-hybridized carbons (Fsp3) is 0.360. The number of pyridine rings is 1. The first-order chi connectivity index (χ1) is 17.9. The van der Waals surface area contributed by atoms with Crippen LogP contribution in [-0.4, -0.2) is 51.5 Å². The summed E-state index contributed by atoms with van der Waals surface area (Å²) in [6, 6.07) is 4.40. The molecule has 1 aliphatic rings. The van der Waals surface area contributed by atoms with Gasteiger partial charge in [-0.1, -0.05) is 12.0 Å². The molecule has 1 amide bonds. The summed E-state index contributed by atoms with van der Waals surface area (Å²) in [5, 5.41) is 2.51. The van der Waals surface area contributed by atoms with E-state index in [1.165, 1.54) is 18.2 Å². The standard InChI is InChI=1S/C25H25F4N3O5S/c1-3-17-12-16(13-20(26)24(17)32-38(2,34)35)14-30-23(33)7-5-18-4-6-22(25(27,28)29)31-21(18)9-11-37-19-8-10-36-15-19/h1,4-7,12-13,19,32H,8-11,14-15H2,2H3,(H,30,33). The van der Waals surface area contributed by atoms with Gasteiger partial charge in [-0.3, -0.25) is 9.52 Å². The molecule has 0 radical (unpaired) electrons. The molecule has 1 aliphatic heterocycles. The Morgan fingerprint density at radius 1 is 1.34 bits per heavy atom. The quantitative estimate of drug-likeness (QED) is 0.265. The molecule has 0 spiro atoms. The van der Waals surface area contributed by atoms with E-state index in [-0.39, 0.29) is 48.2 Å². The molecular formula is C25H25F4N3O5S. The van der Waals surface area contributed by atoms with Crippen molar-refractivity contribution < 1.29 is 40.2 Å². The normalized spacial score (nSPS) is 15.9. The average Bonchev–Trinajstić information content (AvgIpc) is 3.35. The zero-order valence-electron chi connectivity index (χ0n) is 20.3. The Morgan fingerprint density at radius 3 is 2.74 bits per heavy atom. The van der Waals surface area contributed by atoms with Crippen LogP contribution in [0.3, 0.4) is 0 Å². The number of rotatable bonds is 10. The summed E-state index contributed by atoms with van der Waals surface area (Å²) >= 11 is 0. The molecule has 2 aromatic rings. The molecule has 1 unspecified atom stereocenters. The third kappa shape index (κ3) is 8.54. The van der Waals surface area contributed by atoms with Gasteiger partial charge < -0.3 is 14.8 Å². The number of anilines is 1. The second kappa shape index (κ2) is 12.4. The lowest BCUT2D eigenvalue weighted by atomic mass is 10.1. The minimum Gasteiger partial charge on any atom is -0.379 e. The van der Waals surface area contributed by atoms with Crippen LogP contribution < -0.4 is 10.0 Å². The number of sulfonamides is 1. The summed E-state index contributed by atoms with van der Waals surface area (Å²) in [6.45, 7) is 0.965. The van der Waals surface area contributed by atoms with E-state index in [2.05, 4.69) is 16.2 Å². The molecule has 13 heteroatoms. The van der Waals surface area contributed by atoms with Gasteiger partial charge in [-0.15, -0.1) is 6.42 Å². The number of benzene rings is 1. The highest BCUT2D eigenvalue weighted by atomic mass is 32.2. The van der Waals surface area contributed by atoms with Crippen molar-refractivity contribution in [2.75, 3.05) is 30.8 Å². The monoisotopic (exact) mass is 555 g/mol. The van der Waals surface area contributed by atoms with Crippen molar-refractivity contribution in [1.82, 2.24) is 10.3 Å². The Hall–Kier alpha value is -3.47. The molecule has 2 N–H and O–H groups in total. The van der Waals surface area contributed by atoms with Crippen LogP contribution in [0, 0.1) is 18.2 Å². The first-order valence-corrected chi connectivity index (χ1v) is 13.2. The smallest absolute Gasteiger partial charge is 0.379 e. The molecule has 0 aliphatic carbocycles. The highest BCUT2D eigenvalue weighted by molar-refractivity contribution is 7.92. The fourth-order valence-corrected chi connectivity index (χ4v) is 4.15. The molecule has 0 saturated carbocycles. The molecule has 1 atom stereocenters. The molecule has 0 bridgehead atoms. The van der Waals surface area contributed by atoms with Crippen LogP contribution in [0.1, 0.15) is 34.5 Å². The van der Waals surface area contributed by atoms with Crippen LogP contribution >= 0.6 is 0 Å². The molecule has 3 rings (SSSR count). The summed E-state index contributed by atoms with van der Waals surface area (Å²) in [4.78, 5) is 16.1. The predicted molar refractivity (Wildman–Crippen MR) is 132 cm³/mol. The van der Waals surface area contributed by atoms with E-state index < -0.39 is 33.6 Å². The van der Waals surface area contributed by atoms with E-state index in [4.69, 9.17) is 15.9 Å². The molecule has 1 aromatic heterocycles. The highest BCUT2D eigenvalue weighted by Gasteiger charge is 2.33. The number of hydrogen-bond donors (Lipinski definition) is 2. The number of amides is 1. The second-order valence-corrected chi connectivity index (χ2v) is 10.2. The Bertz CT molecular complexity index is 1350. The van der Waals surface area contributed by atoms with Gasteiger partial charge >= 0.3 is 6.18 Å². The van der Waals surface area contributed by atoms with Gasteiger partial charge in [0.1, 0.15) is 11.5 Å². The number of nitrogens with zero attached hydrogens (tertiary/aromatic N) is 1. The first kappa shape index (κ1) is 29.1. The largest absolute Gasteiger partial charge is 0.433 e. The number of aromatic nitrogens is 1. The lowest BCUT2D eigenvalue weighted by molar-refractivity contribution is -0.141. The third-order valence-electron chi connectivity index (χ3n) is 5.35. The summed E-state index contributed by atoms with van der Waals surface area (Å²) in [6.07, 6.45) is 4.67. The van der Waals surface area contributed by atoms with Gasteiger partial charge in [-0.05, 0) is 41.8 Å². The van der Waals surface area contributed by atoms with Crippen LogP contribution in [0.4, 0.5) is 23.2 Å². The van der Waals surface area contributed by atoms with E-state index in [9.17, 15) is 30.8 Å². The molecule has 1 saturated heterocycles. The van der Waals surface area contributed by atoms with Crippen molar-refractivity contribution in [3.05, 3.63) is 64.2 Å². The summed E-state index contributed by atoms with van der Waals surface area (Å²) in [5.41, 5.74) is -0.813. The predicted octanol–water partition coefficient (Wildman–Crippen LogP) is 3.27. The molecule has 38 heavy (non-hydrogen) atoms. The number of carbonyl (C=O) groups excluding carboxylic acids is 1. The summed E-state index contributed by atoms with van der Waals surface area (Å²) in [5.74, 6) is 0.658. The Balaban J connectivity index is 1.69. The van der Waals surface area contributed by atoms with Crippen molar-refractivity contribution in [3.63, 3.8) is 0 Å². The van der Waals surface area contributed by atoms with Crippen molar-refractivity contribution in [2.24, 2.45) is 0 Å². The van der Waals surface area contributed by atoms with Gasteiger partial charge in [-0.25, -0.2) is 17.8 Å². The zero-order valence-corrected chi connectivity index (χ0v) is 21.1. The molecule has 8 nitrogen and oxygen atoms in total. The minimum absolute atomic E-state index is 0.0536. The van der Waals surface area contributed by atoms with Crippen LogP contribution in [0.2, 0.25) is 0 Å². The van der Waals surface area contributed by atoms with Crippen molar-refractivity contribution in [3.8, 4) is 12.3 Å². The molecule has 1 fully saturated rings. The molecule has 204 valence electrons. The van der Waals surface area contributed by atoms with Crippen molar-refractivity contribution in [1.29, 1.82) is 0 Å². The van der Waals surface area contributed by atoms with Gasteiger partial charge in [0.15, 0.2) is 0 Å². The fourth-order valence-electron chi connectivity index (χ4n) is 3.57. The molecule has 1 aromatic carbocycles. The SMILES string of the molecule is C#Cc1cc(CNC(=O)C=Cc2ccc(C(F)(F)F)nc2CCOC2CCOC2)cc(F)c1NS(C)(=O)=O. The lowest BCUT2D eigenvalue weighted by Gasteiger charge is -2.13. The maximum atomic E-state index is 14.4. The number of terminal acetylenes is 1. The molecule has 2 heterocycles. The van der Waals surface area contributed by atoms with Crippen molar-refractivity contribution in [2.45, 2.75) is 31.7 Å². The van der Waals surface area contributed by atoms with Crippen LogP contribution in [0.15, 0.2) is 30.3 Å². The van der Waals surface area contributed by atoms with Gasteiger partial charge in [-0.2, -0.15) is 13.2 Å². The first-order valence-electron chi connectivity index (χ1n) is 11.3. The van der Waals surface area contributed by atoms with Crippen LogP contribution in [0.5, 0.6) is 0 Å². The van der Waals surface area contributed by atoms with Gasteiger partial charge in [0, 0.05) is 25.6 Å². The number of alkyl halides is 3. The topological polar surface area (TPSA) is 107 Å². The van der Waals surface area contributed by atoms with E-state index >= 15 is 0 Å². The minimum atomic E-state index is -4.63. The zero-order chi connectivity index (χ0) is 27.9. The highest BCUT2D eigenvalue weighted by Crippen LogP contribution is 2.29. The van der Waals surface area contributed by atoms with E-state index in [1.807, 2.05) is 4.72 Å². The number of hydrogen-bond acceptors (Lipinski definition) is 6. The number of carbonyl (C=O) groups is 1. The Kier molecular flexibility index (Phi) is 9.48. The summed E-state index contributed by atoms with van der Waals surface area (Å²) in [7, 11) is -3.77. The van der Waals surface area contributed by atoms with E-state index in [0.717, 1.165) is 24.5 Å². The number of ether oxygens (including phenoxy) is 2. The third-order valence-corrected chi connectivity index (χ3v) is 5.93. The maximum Gasteiger partial charge on any atom is 0.433 e. The van der Waals surface area contributed by atoms with Crippen LogP contribution in [-0.2, 0) is 43.4 Å². The molecular weight excluding hydrogens is 530 g/mol. The van der Waals surface area contributed by atoms with Gasteiger partial charge in [0.25, 0.3) is 0 Å². The van der Waals surface area contributed by atoms with Crippen molar-refractivity contribution >= 4 is 27.7 Å². The lowest BCUT2D eigenvalue weighted by Crippen LogP contribution is -2.21. The van der Waals surface area contributed by atoms with E-state index in [1.54, 1.807) is 0 Å².